The largest absolute Gasteiger partial charge is 0.358 e. The van der Waals surface area contributed by atoms with Crippen LogP contribution in [0.3, 0.4) is 0 Å². The van der Waals surface area contributed by atoms with E-state index in [9.17, 15) is 13.2 Å². The maximum absolute atomic E-state index is 12.0. The Hall–Kier alpha value is -2.47. The van der Waals surface area contributed by atoms with Crippen molar-refractivity contribution in [2.45, 2.75) is 11.8 Å². The minimum atomic E-state index is -4.01. The Morgan fingerprint density at radius 3 is 2.05 bits per heavy atom. The highest BCUT2D eigenvalue weighted by Crippen LogP contribution is 2.12. The Morgan fingerprint density at radius 2 is 1.48 bits per heavy atom. The molecule has 0 atom stereocenters. The molecule has 0 bridgehead atoms. The van der Waals surface area contributed by atoms with Crippen LogP contribution in [0, 0.1) is 0 Å². The molecule has 0 saturated heterocycles. The lowest BCUT2D eigenvalue weighted by molar-refractivity contribution is 0.106. The van der Waals surface area contributed by atoms with Crippen molar-refractivity contribution in [3.63, 3.8) is 0 Å². The van der Waals surface area contributed by atoms with Gasteiger partial charge in [-0.25, -0.2) is 0 Å². The molecule has 0 saturated carbocycles. The van der Waals surface area contributed by atoms with Gasteiger partial charge < -0.3 is 0 Å². The van der Waals surface area contributed by atoms with Crippen LogP contribution in [0.5, 0.6) is 0 Å². The number of hydrogen-bond donors (Lipinski definition) is 0. The van der Waals surface area contributed by atoms with Crippen LogP contribution in [0.2, 0.25) is 0 Å². The Bertz CT molecular complexity index is 753. The smallest absolute Gasteiger partial charge is 0.287 e. The van der Waals surface area contributed by atoms with Gasteiger partial charge in [-0.3, -0.25) is 9.08 Å². The monoisotopic (exact) mass is 303 g/mol. The maximum Gasteiger partial charge on any atom is 0.358 e. The van der Waals surface area contributed by atoms with E-state index in [0.717, 1.165) is 0 Å². The Kier molecular flexibility index (Phi) is 4.49. The third-order valence-electron chi connectivity index (χ3n) is 2.67. The molecular formula is C15H13NO4S. The molecule has 2 aromatic rings. The summed E-state index contributed by atoms with van der Waals surface area (Å²) in [5.74, 6) is -0.390. The normalized spacial score (nSPS) is 12.0. The summed E-state index contributed by atoms with van der Waals surface area (Å²) in [5.41, 5.74) is 0.375. The number of carbonyl (C=O) groups excluding carboxylic acids is 1. The Labute approximate surface area is 123 Å². The molecule has 0 amide bonds. The van der Waals surface area contributed by atoms with Gasteiger partial charge in [-0.15, -0.1) is 0 Å². The fraction of sp³-hybridized carbons (Fsp3) is 0.0667. The van der Waals surface area contributed by atoms with Crippen LogP contribution in [-0.4, -0.2) is 19.9 Å². The molecule has 2 aromatic carbocycles. The van der Waals surface area contributed by atoms with E-state index < -0.39 is 10.1 Å². The molecule has 0 aromatic heterocycles. The van der Waals surface area contributed by atoms with Crippen LogP contribution in [0.1, 0.15) is 17.3 Å². The van der Waals surface area contributed by atoms with Gasteiger partial charge in [-0.05, 0) is 19.1 Å². The van der Waals surface area contributed by atoms with Crippen molar-refractivity contribution in [1.29, 1.82) is 0 Å². The van der Waals surface area contributed by atoms with Crippen molar-refractivity contribution in [2.24, 2.45) is 5.16 Å². The highest BCUT2D eigenvalue weighted by Gasteiger charge is 2.16. The van der Waals surface area contributed by atoms with Crippen LogP contribution in [0.25, 0.3) is 0 Å². The first-order valence-electron chi connectivity index (χ1n) is 6.14. The second kappa shape index (κ2) is 6.32. The van der Waals surface area contributed by atoms with Crippen molar-refractivity contribution in [1.82, 2.24) is 0 Å². The van der Waals surface area contributed by atoms with Gasteiger partial charge in [-0.1, -0.05) is 53.7 Å². The molecule has 6 heteroatoms. The molecule has 5 nitrogen and oxygen atoms in total. The lowest BCUT2D eigenvalue weighted by Gasteiger charge is -2.03. The van der Waals surface area contributed by atoms with Crippen molar-refractivity contribution < 1.29 is 17.5 Å². The van der Waals surface area contributed by atoms with Crippen molar-refractivity contribution >= 4 is 21.6 Å². The standard InChI is InChI=1S/C15H13NO4S/c1-12(15(17)13-8-4-2-5-9-13)16-20-21(18,19)14-10-6-3-7-11-14/h2-11H,1H3/b16-12+. The Morgan fingerprint density at radius 1 is 0.952 bits per heavy atom. The fourth-order valence-corrected chi connectivity index (χ4v) is 2.36. The van der Waals surface area contributed by atoms with Gasteiger partial charge in [0.05, 0.1) is 0 Å². The van der Waals surface area contributed by atoms with Crippen LogP contribution >= 0.6 is 0 Å². The van der Waals surface area contributed by atoms with Crippen molar-refractivity contribution in [3.8, 4) is 0 Å². The van der Waals surface area contributed by atoms with E-state index in [1.807, 2.05) is 0 Å². The lowest BCUT2D eigenvalue weighted by atomic mass is 10.1. The number of nitrogens with zero attached hydrogens (tertiary/aromatic N) is 1. The fourth-order valence-electron chi connectivity index (χ4n) is 1.58. The van der Waals surface area contributed by atoms with Gasteiger partial charge in [0.2, 0.25) is 5.78 Å². The van der Waals surface area contributed by atoms with Crippen molar-refractivity contribution in [3.05, 3.63) is 66.2 Å². The molecule has 0 aliphatic carbocycles. The van der Waals surface area contributed by atoms with Crippen LogP contribution < -0.4 is 0 Å². The van der Waals surface area contributed by atoms with E-state index in [2.05, 4.69) is 9.44 Å². The highest BCUT2D eigenvalue weighted by atomic mass is 32.2. The zero-order chi connectivity index (χ0) is 15.3. The van der Waals surface area contributed by atoms with Gasteiger partial charge in [-0.2, -0.15) is 8.42 Å². The summed E-state index contributed by atoms with van der Waals surface area (Å²) in [5, 5.41) is 3.43. The second-order valence-corrected chi connectivity index (χ2v) is 5.74. The zero-order valence-corrected chi connectivity index (χ0v) is 12.1. The summed E-state index contributed by atoms with van der Waals surface area (Å²) in [6.07, 6.45) is 0. The molecule has 0 aliphatic rings. The summed E-state index contributed by atoms with van der Waals surface area (Å²) < 4.78 is 28.3. The van der Waals surface area contributed by atoms with E-state index in [1.54, 1.807) is 48.5 Å². The number of benzene rings is 2. The third-order valence-corrected chi connectivity index (χ3v) is 3.79. The number of hydrogen-bond acceptors (Lipinski definition) is 5. The molecule has 0 spiro atoms. The maximum atomic E-state index is 12.0. The third kappa shape index (κ3) is 3.76. The summed E-state index contributed by atoms with van der Waals surface area (Å²) in [6.45, 7) is 1.40. The van der Waals surface area contributed by atoms with E-state index in [-0.39, 0.29) is 16.4 Å². The minimum Gasteiger partial charge on any atom is -0.287 e. The Balaban J connectivity index is 2.16. The van der Waals surface area contributed by atoms with Gasteiger partial charge in [0, 0.05) is 5.56 Å². The summed E-state index contributed by atoms with van der Waals surface area (Å²) in [4.78, 5) is 12.0. The number of oxime groups is 1. The molecule has 2 rings (SSSR count). The summed E-state index contributed by atoms with van der Waals surface area (Å²) in [6, 6.07) is 16.0. The average Bonchev–Trinajstić information content (AvgIpc) is 2.53. The first kappa shape index (κ1) is 14.9. The topological polar surface area (TPSA) is 72.8 Å². The van der Waals surface area contributed by atoms with Crippen molar-refractivity contribution in [2.75, 3.05) is 0 Å². The predicted octanol–water partition coefficient (Wildman–Crippen LogP) is 2.65. The van der Waals surface area contributed by atoms with Crippen LogP contribution in [0.4, 0.5) is 0 Å². The number of carbonyl (C=O) groups is 1. The zero-order valence-electron chi connectivity index (χ0n) is 11.3. The lowest BCUT2D eigenvalue weighted by Crippen LogP contribution is -2.12. The van der Waals surface area contributed by atoms with Crippen LogP contribution in [-0.2, 0) is 14.4 Å². The van der Waals surface area contributed by atoms with E-state index in [1.165, 1.54) is 19.1 Å². The molecule has 0 unspecified atom stereocenters. The minimum absolute atomic E-state index is 0.0197. The first-order chi connectivity index (χ1) is 10.0. The number of ketones is 1. The second-order valence-electron chi connectivity index (χ2n) is 4.21. The van der Waals surface area contributed by atoms with E-state index in [4.69, 9.17) is 0 Å². The molecule has 108 valence electrons. The molecular weight excluding hydrogens is 290 g/mol. The predicted molar refractivity (Wildman–Crippen MR) is 78.6 cm³/mol. The van der Waals surface area contributed by atoms with E-state index in [0.29, 0.717) is 5.56 Å². The molecule has 0 heterocycles. The van der Waals surface area contributed by atoms with Gasteiger partial charge >= 0.3 is 10.1 Å². The van der Waals surface area contributed by atoms with Crippen LogP contribution in [0.15, 0.2) is 70.7 Å². The highest BCUT2D eigenvalue weighted by molar-refractivity contribution is 7.86. The molecule has 0 radical (unpaired) electrons. The number of Topliss-reactive ketones (excluding diaryl/α,β-unsaturated/α-hetero) is 1. The number of rotatable bonds is 5. The molecule has 0 aliphatic heterocycles. The SMILES string of the molecule is C/C(=N\OS(=O)(=O)c1ccccc1)C(=O)c1ccccc1. The molecule has 0 fully saturated rings. The average molecular weight is 303 g/mol. The van der Waals surface area contributed by atoms with Gasteiger partial charge in [0.15, 0.2) is 0 Å². The van der Waals surface area contributed by atoms with E-state index >= 15 is 0 Å². The summed E-state index contributed by atoms with van der Waals surface area (Å²) in [7, 11) is -4.01. The molecule has 21 heavy (non-hydrogen) atoms. The van der Waals surface area contributed by atoms with Gasteiger partial charge in [0.1, 0.15) is 10.6 Å². The molecule has 0 N–H and O–H groups in total. The van der Waals surface area contributed by atoms with Gasteiger partial charge in [0.25, 0.3) is 0 Å². The quantitative estimate of drug-likeness (QED) is 0.483. The first-order valence-corrected chi connectivity index (χ1v) is 7.54. The summed E-state index contributed by atoms with van der Waals surface area (Å²) >= 11 is 0.